The third kappa shape index (κ3) is 4.27. The smallest absolute Gasteiger partial charge is 0.243 e. The average molecular weight is 302 g/mol. The van der Waals surface area contributed by atoms with E-state index in [1.165, 1.54) is 0 Å². The molecule has 0 saturated carbocycles. The summed E-state index contributed by atoms with van der Waals surface area (Å²) < 4.78 is 5.24. The number of rotatable bonds is 6. The molecule has 1 aromatic heterocycles. The number of hydrogen-bond acceptors (Lipinski definition) is 7. The fourth-order valence-electron chi connectivity index (χ4n) is 2.72. The summed E-state index contributed by atoms with van der Waals surface area (Å²) in [6, 6.07) is 4.54. The van der Waals surface area contributed by atoms with E-state index in [1.54, 1.807) is 0 Å². The summed E-state index contributed by atoms with van der Waals surface area (Å²) in [6.45, 7) is 8.32. The van der Waals surface area contributed by atoms with Crippen LogP contribution in [0.25, 0.3) is 0 Å². The fourth-order valence-corrected chi connectivity index (χ4v) is 2.72. The molecule has 2 unspecified atom stereocenters. The molecule has 7 nitrogen and oxygen atoms in total. The van der Waals surface area contributed by atoms with Crippen LogP contribution in [0.3, 0.4) is 0 Å². The van der Waals surface area contributed by atoms with E-state index in [1.807, 2.05) is 6.92 Å². The minimum atomic E-state index is -0.0535. The van der Waals surface area contributed by atoms with Crippen molar-refractivity contribution in [2.75, 3.05) is 32.7 Å². The topological polar surface area (TPSA) is 93.0 Å². The van der Waals surface area contributed by atoms with Crippen molar-refractivity contribution in [1.29, 1.82) is 10.5 Å². The van der Waals surface area contributed by atoms with E-state index in [4.69, 9.17) is 15.0 Å². The second-order valence-electron chi connectivity index (χ2n) is 5.72. The maximum absolute atomic E-state index is 9.15. The Labute approximate surface area is 131 Å². The first-order valence-corrected chi connectivity index (χ1v) is 7.67. The van der Waals surface area contributed by atoms with Gasteiger partial charge in [0.05, 0.1) is 24.1 Å². The van der Waals surface area contributed by atoms with Gasteiger partial charge in [0.1, 0.15) is 0 Å². The van der Waals surface area contributed by atoms with Gasteiger partial charge in [-0.2, -0.15) is 15.5 Å². The summed E-state index contributed by atoms with van der Waals surface area (Å²) in [7, 11) is 0. The van der Waals surface area contributed by atoms with Crippen molar-refractivity contribution in [1.82, 2.24) is 19.9 Å². The van der Waals surface area contributed by atoms with Gasteiger partial charge in [0.15, 0.2) is 5.82 Å². The zero-order valence-corrected chi connectivity index (χ0v) is 13.2. The summed E-state index contributed by atoms with van der Waals surface area (Å²) in [6.07, 6.45) is 1.11. The van der Waals surface area contributed by atoms with Crippen LogP contribution in [0.4, 0.5) is 0 Å². The molecule has 2 atom stereocenters. The summed E-state index contributed by atoms with van der Waals surface area (Å²) in [4.78, 5) is 8.91. The van der Waals surface area contributed by atoms with E-state index in [9.17, 15) is 0 Å². The fraction of sp³-hybridized carbons (Fsp3) is 0.733. The molecule has 22 heavy (non-hydrogen) atoms. The summed E-state index contributed by atoms with van der Waals surface area (Å²) in [5.74, 6) is 1.27. The summed E-state index contributed by atoms with van der Waals surface area (Å²) in [5, 5.41) is 21.6. The van der Waals surface area contributed by atoms with E-state index in [0.29, 0.717) is 24.6 Å². The molecule has 0 bridgehead atoms. The lowest BCUT2D eigenvalue weighted by molar-refractivity contribution is 0.0828. The molecule has 1 fully saturated rings. The summed E-state index contributed by atoms with van der Waals surface area (Å²) >= 11 is 0. The Bertz CT molecular complexity index is 549. The SMILES string of the molecule is Cc1noc(C(C)N2CCN(CC(C#N)CCC#N)CC2)n1. The van der Waals surface area contributed by atoms with Gasteiger partial charge >= 0.3 is 0 Å². The monoisotopic (exact) mass is 302 g/mol. The van der Waals surface area contributed by atoms with Crippen LogP contribution in [0.15, 0.2) is 4.52 Å². The van der Waals surface area contributed by atoms with Gasteiger partial charge in [0, 0.05) is 39.1 Å². The van der Waals surface area contributed by atoms with Crippen molar-refractivity contribution in [3.8, 4) is 12.1 Å². The van der Waals surface area contributed by atoms with E-state index in [0.717, 1.165) is 32.7 Å². The van der Waals surface area contributed by atoms with Gasteiger partial charge in [-0.05, 0) is 20.3 Å². The third-order valence-corrected chi connectivity index (χ3v) is 4.12. The quantitative estimate of drug-likeness (QED) is 0.786. The first-order chi connectivity index (χ1) is 10.6. The van der Waals surface area contributed by atoms with Crippen LogP contribution in [-0.2, 0) is 0 Å². The highest BCUT2D eigenvalue weighted by atomic mass is 16.5. The predicted molar refractivity (Wildman–Crippen MR) is 79.4 cm³/mol. The van der Waals surface area contributed by atoms with Crippen LogP contribution in [0.1, 0.15) is 37.5 Å². The predicted octanol–water partition coefficient (Wildman–Crippen LogP) is 1.50. The molecule has 1 aliphatic heterocycles. The number of hydrogen-bond donors (Lipinski definition) is 0. The highest BCUT2D eigenvalue weighted by Crippen LogP contribution is 2.20. The molecule has 118 valence electrons. The van der Waals surface area contributed by atoms with E-state index < -0.39 is 0 Å². The number of piperazine rings is 1. The maximum Gasteiger partial charge on any atom is 0.243 e. The molecule has 2 rings (SSSR count). The number of aromatic nitrogens is 2. The van der Waals surface area contributed by atoms with Crippen LogP contribution < -0.4 is 0 Å². The van der Waals surface area contributed by atoms with Crippen molar-refractivity contribution in [2.45, 2.75) is 32.7 Å². The lowest BCUT2D eigenvalue weighted by Crippen LogP contribution is -2.48. The van der Waals surface area contributed by atoms with Crippen molar-refractivity contribution < 1.29 is 4.52 Å². The molecule has 7 heteroatoms. The first kappa shape index (κ1) is 16.4. The second-order valence-corrected chi connectivity index (χ2v) is 5.72. The Morgan fingerprint density at radius 1 is 1.27 bits per heavy atom. The molecule has 0 spiro atoms. The van der Waals surface area contributed by atoms with Crippen molar-refractivity contribution in [2.24, 2.45) is 5.92 Å². The Morgan fingerprint density at radius 3 is 2.55 bits per heavy atom. The van der Waals surface area contributed by atoms with Crippen LogP contribution in [0.2, 0.25) is 0 Å². The normalized spacial score (nSPS) is 19.3. The zero-order chi connectivity index (χ0) is 15.9. The molecular weight excluding hydrogens is 280 g/mol. The van der Waals surface area contributed by atoms with E-state index in [-0.39, 0.29) is 12.0 Å². The molecular formula is C15H22N6O. The van der Waals surface area contributed by atoms with Crippen molar-refractivity contribution in [3.05, 3.63) is 11.7 Å². The highest BCUT2D eigenvalue weighted by Gasteiger charge is 2.26. The zero-order valence-electron chi connectivity index (χ0n) is 13.2. The van der Waals surface area contributed by atoms with Crippen LogP contribution in [-0.4, -0.2) is 52.7 Å². The second kappa shape index (κ2) is 7.88. The van der Waals surface area contributed by atoms with Gasteiger partial charge in [-0.1, -0.05) is 5.16 Å². The maximum atomic E-state index is 9.15. The molecule has 0 radical (unpaired) electrons. The number of nitrogens with zero attached hydrogens (tertiary/aromatic N) is 6. The van der Waals surface area contributed by atoms with Gasteiger partial charge in [-0.15, -0.1) is 0 Å². The molecule has 1 aliphatic rings. The van der Waals surface area contributed by atoms with Crippen molar-refractivity contribution >= 4 is 0 Å². The van der Waals surface area contributed by atoms with Gasteiger partial charge in [-0.25, -0.2) is 0 Å². The highest BCUT2D eigenvalue weighted by molar-refractivity contribution is 4.93. The molecule has 0 amide bonds. The lowest BCUT2D eigenvalue weighted by atomic mass is 10.0. The minimum Gasteiger partial charge on any atom is -0.338 e. The molecule has 0 aromatic carbocycles. The molecule has 0 N–H and O–H groups in total. The standard InChI is InChI=1S/C15H22N6O/c1-12(15-18-13(2)19-22-15)21-8-6-20(7-9-21)11-14(10-17)4-3-5-16/h12,14H,3-4,6-9,11H2,1-2H3. The number of aryl methyl sites for hydroxylation is 1. The minimum absolute atomic E-state index is 0.0535. The van der Waals surface area contributed by atoms with E-state index >= 15 is 0 Å². The molecule has 1 aromatic rings. The van der Waals surface area contributed by atoms with Crippen molar-refractivity contribution in [3.63, 3.8) is 0 Å². The Kier molecular flexibility index (Phi) is 5.88. The van der Waals surface area contributed by atoms with Crippen LogP contribution in [0, 0.1) is 35.5 Å². The molecule has 2 heterocycles. The van der Waals surface area contributed by atoms with Crippen LogP contribution >= 0.6 is 0 Å². The van der Waals surface area contributed by atoms with E-state index in [2.05, 4.69) is 39.0 Å². The summed E-state index contributed by atoms with van der Waals surface area (Å²) in [5.41, 5.74) is 0. The van der Waals surface area contributed by atoms with Crippen LogP contribution in [0.5, 0.6) is 0 Å². The first-order valence-electron chi connectivity index (χ1n) is 7.67. The lowest BCUT2D eigenvalue weighted by Gasteiger charge is -2.37. The van der Waals surface area contributed by atoms with Gasteiger partial charge in [-0.3, -0.25) is 9.80 Å². The van der Waals surface area contributed by atoms with Gasteiger partial charge < -0.3 is 4.52 Å². The number of nitriles is 2. The molecule has 1 saturated heterocycles. The molecule has 0 aliphatic carbocycles. The van der Waals surface area contributed by atoms with Gasteiger partial charge in [0.2, 0.25) is 5.89 Å². The Hall–Kier alpha value is -1.96. The average Bonchev–Trinajstić information content (AvgIpc) is 2.98. The third-order valence-electron chi connectivity index (χ3n) is 4.12. The Morgan fingerprint density at radius 2 is 2.00 bits per heavy atom. The Balaban J connectivity index is 1.80. The largest absolute Gasteiger partial charge is 0.338 e. The van der Waals surface area contributed by atoms with Gasteiger partial charge in [0.25, 0.3) is 0 Å².